The van der Waals surface area contributed by atoms with Gasteiger partial charge in [-0.15, -0.1) is 0 Å². The van der Waals surface area contributed by atoms with Gasteiger partial charge in [0, 0.05) is 19.7 Å². The molecule has 8 heteroatoms. The van der Waals surface area contributed by atoms with Gasteiger partial charge in [-0.25, -0.2) is 4.79 Å². The number of esters is 1. The molecule has 0 spiro atoms. The number of nitrogens with zero attached hydrogens (tertiary/aromatic N) is 1. The van der Waals surface area contributed by atoms with Crippen molar-refractivity contribution in [2.45, 2.75) is 6.54 Å². The zero-order valence-electron chi connectivity index (χ0n) is 16.3. The number of ether oxygens (including phenoxy) is 4. The van der Waals surface area contributed by atoms with Crippen molar-refractivity contribution < 1.29 is 28.5 Å². The highest BCUT2D eigenvalue weighted by Gasteiger charge is 2.13. The van der Waals surface area contributed by atoms with Crippen LogP contribution in [-0.4, -0.2) is 51.8 Å². The Bertz CT molecular complexity index is 806. The highest BCUT2D eigenvalue weighted by molar-refractivity contribution is 7.07. The lowest BCUT2D eigenvalue weighted by molar-refractivity contribution is -0.147. The lowest BCUT2D eigenvalue weighted by atomic mass is 10.1. The smallest absolute Gasteiger partial charge is 0.331 e. The van der Waals surface area contributed by atoms with Crippen LogP contribution in [0, 0.1) is 0 Å². The van der Waals surface area contributed by atoms with Crippen LogP contribution >= 0.6 is 11.3 Å². The summed E-state index contributed by atoms with van der Waals surface area (Å²) < 4.78 is 20.8. The first-order chi connectivity index (χ1) is 13.5. The quantitative estimate of drug-likeness (QED) is 0.472. The van der Waals surface area contributed by atoms with Crippen LogP contribution < -0.4 is 14.2 Å². The summed E-state index contributed by atoms with van der Waals surface area (Å²) in [5.41, 5.74) is 1.70. The van der Waals surface area contributed by atoms with Crippen molar-refractivity contribution in [1.82, 2.24) is 4.90 Å². The van der Waals surface area contributed by atoms with Gasteiger partial charge in [0.05, 0.1) is 21.3 Å². The predicted molar refractivity (Wildman–Crippen MR) is 107 cm³/mol. The third-order valence-electron chi connectivity index (χ3n) is 3.86. The molecular weight excluding hydrogens is 382 g/mol. The number of amides is 1. The van der Waals surface area contributed by atoms with E-state index in [2.05, 4.69) is 0 Å². The van der Waals surface area contributed by atoms with Gasteiger partial charge in [0.15, 0.2) is 18.1 Å². The highest BCUT2D eigenvalue weighted by atomic mass is 32.1. The van der Waals surface area contributed by atoms with E-state index in [-0.39, 0.29) is 12.5 Å². The van der Waals surface area contributed by atoms with Crippen LogP contribution in [0.2, 0.25) is 0 Å². The third-order valence-corrected chi connectivity index (χ3v) is 4.59. The first-order valence-electron chi connectivity index (χ1n) is 8.38. The zero-order valence-corrected chi connectivity index (χ0v) is 17.1. The number of rotatable bonds is 9. The monoisotopic (exact) mass is 405 g/mol. The van der Waals surface area contributed by atoms with Crippen LogP contribution in [0.3, 0.4) is 0 Å². The van der Waals surface area contributed by atoms with Gasteiger partial charge < -0.3 is 23.8 Å². The Morgan fingerprint density at radius 1 is 1.11 bits per heavy atom. The van der Waals surface area contributed by atoms with Crippen molar-refractivity contribution in [3.63, 3.8) is 0 Å². The van der Waals surface area contributed by atoms with Gasteiger partial charge in [0.1, 0.15) is 0 Å². The topological polar surface area (TPSA) is 74.3 Å². The number of hydrogen-bond donors (Lipinski definition) is 0. The Labute approximate surface area is 168 Å². The minimum absolute atomic E-state index is 0.277. The molecular formula is C20H23NO6S. The summed E-state index contributed by atoms with van der Waals surface area (Å²) in [7, 11) is 6.20. The average molecular weight is 405 g/mol. The van der Waals surface area contributed by atoms with Crippen LogP contribution in [0.4, 0.5) is 0 Å². The summed E-state index contributed by atoms with van der Waals surface area (Å²) in [5, 5.41) is 3.91. The Kier molecular flexibility index (Phi) is 7.88. The van der Waals surface area contributed by atoms with Crippen molar-refractivity contribution in [3.05, 3.63) is 46.2 Å². The molecule has 1 aromatic heterocycles. The molecule has 0 saturated carbocycles. The fourth-order valence-electron chi connectivity index (χ4n) is 2.40. The molecule has 0 saturated heterocycles. The maximum Gasteiger partial charge on any atom is 0.331 e. The molecule has 28 heavy (non-hydrogen) atoms. The lowest BCUT2D eigenvalue weighted by Gasteiger charge is -2.16. The zero-order chi connectivity index (χ0) is 20.5. The van der Waals surface area contributed by atoms with Crippen molar-refractivity contribution in [3.8, 4) is 17.2 Å². The molecule has 0 unspecified atom stereocenters. The summed E-state index contributed by atoms with van der Waals surface area (Å²) >= 11 is 1.57. The Morgan fingerprint density at radius 3 is 2.32 bits per heavy atom. The number of benzene rings is 1. The van der Waals surface area contributed by atoms with Crippen LogP contribution in [0.5, 0.6) is 17.2 Å². The van der Waals surface area contributed by atoms with Gasteiger partial charge in [0.25, 0.3) is 5.91 Å². The standard InChI is InChI=1S/C20H23NO6S/c1-21(11-15-7-8-28-13-15)18(22)12-27-19(23)6-5-14-9-16(24-2)20(26-4)17(10-14)25-3/h5-10,13H,11-12H2,1-4H3/b6-5+. The van der Waals surface area contributed by atoms with Crippen molar-refractivity contribution in [2.24, 2.45) is 0 Å². The molecule has 0 radical (unpaired) electrons. The van der Waals surface area contributed by atoms with Crippen LogP contribution in [0.25, 0.3) is 6.08 Å². The Hall–Kier alpha value is -3.00. The van der Waals surface area contributed by atoms with Gasteiger partial charge in [-0.05, 0) is 46.2 Å². The van der Waals surface area contributed by atoms with Gasteiger partial charge >= 0.3 is 5.97 Å². The van der Waals surface area contributed by atoms with Crippen molar-refractivity contribution >= 4 is 29.3 Å². The van der Waals surface area contributed by atoms with E-state index in [1.165, 1.54) is 32.3 Å². The summed E-state index contributed by atoms with van der Waals surface area (Å²) in [4.78, 5) is 25.5. The molecule has 1 heterocycles. The largest absolute Gasteiger partial charge is 0.493 e. The molecule has 1 aromatic carbocycles. The predicted octanol–water partition coefficient (Wildman–Crippen LogP) is 2.99. The molecule has 0 aliphatic heterocycles. The van der Waals surface area contributed by atoms with E-state index >= 15 is 0 Å². The molecule has 0 atom stereocenters. The maximum absolute atomic E-state index is 12.1. The molecule has 0 aliphatic carbocycles. The number of methoxy groups -OCH3 is 3. The molecule has 7 nitrogen and oxygen atoms in total. The number of carbonyl (C=O) groups is 2. The molecule has 0 fully saturated rings. The van der Waals surface area contributed by atoms with Gasteiger partial charge in [-0.1, -0.05) is 0 Å². The van der Waals surface area contributed by atoms with Crippen molar-refractivity contribution in [2.75, 3.05) is 35.0 Å². The van der Waals surface area contributed by atoms with E-state index in [0.29, 0.717) is 29.4 Å². The first-order valence-corrected chi connectivity index (χ1v) is 9.32. The molecule has 1 amide bonds. The Morgan fingerprint density at radius 2 is 1.79 bits per heavy atom. The summed E-state index contributed by atoms with van der Waals surface area (Å²) in [6, 6.07) is 5.34. The van der Waals surface area contributed by atoms with Gasteiger partial charge in [-0.2, -0.15) is 11.3 Å². The van der Waals surface area contributed by atoms with E-state index in [4.69, 9.17) is 18.9 Å². The number of thiophene rings is 1. The maximum atomic E-state index is 12.1. The second-order valence-corrected chi connectivity index (χ2v) is 6.56. The van der Waals surface area contributed by atoms with Gasteiger partial charge in [-0.3, -0.25) is 4.79 Å². The summed E-state index contributed by atoms with van der Waals surface area (Å²) in [6.07, 6.45) is 2.79. The second-order valence-electron chi connectivity index (χ2n) is 5.78. The van der Waals surface area contributed by atoms with E-state index in [1.54, 1.807) is 36.6 Å². The molecule has 0 aliphatic rings. The third kappa shape index (κ3) is 5.75. The number of carbonyl (C=O) groups excluding carboxylic acids is 2. The minimum Gasteiger partial charge on any atom is -0.493 e. The van der Waals surface area contributed by atoms with Crippen LogP contribution in [0.15, 0.2) is 35.0 Å². The second kappa shape index (κ2) is 10.4. The van der Waals surface area contributed by atoms with Crippen LogP contribution in [0.1, 0.15) is 11.1 Å². The van der Waals surface area contributed by atoms with E-state index in [0.717, 1.165) is 5.56 Å². The van der Waals surface area contributed by atoms with Crippen LogP contribution in [-0.2, 0) is 20.9 Å². The van der Waals surface area contributed by atoms with E-state index in [1.807, 2.05) is 16.8 Å². The SMILES string of the molecule is COc1cc(/C=C/C(=O)OCC(=O)N(C)Cc2ccsc2)cc(OC)c1OC. The molecule has 2 aromatic rings. The normalized spacial score (nSPS) is 10.6. The van der Waals surface area contributed by atoms with E-state index in [9.17, 15) is 9.59 Å². The fourth-order valence-corrected chi connectivity index (χ4v) is 3.06. The summed E-state index contributed by atoms with van der Waals surface area (Å²) in [5.74, 6) is 0.510. The number of hydrogen-bond acceptors (Lipinski definition) is 7. The molecule has 0 bridgehead atoms. The molecule has 150 valence electrons. The fraction of sp³-hybridized carbons (Fsp3) is 0.300. The van der Waals surface area contributed by atoms with Gasteiger partial charge in [0.2, 0.25) is 5.75 Å². The first kappa shape index (κ1) is 21.3. The molecule has 0 N–H and O–H groups in total. The number of likely N-dealkylation sites (N-methyl/N-ethyl adjacent to an activating group) is 1. The highest BCUT2D eigenvalue weighted by Crippen LogP contribution is 2.38. The van der Waals surface area contributed by atoms with E-state index < -0.39 is 5.97 Å². The molecule has 2 rings (SSSR count). The summed E-state index contributed by atoms with van der Waals surface area (Å²) in [6.45, 7) is 0.153. The average Bonchev–Trinajstić information content (AvgIpc) is 3.22. The van der Waals surface area contributed by atoms with Crippen molar-refractivity contribution in [1.29, 1.82) is 0 Å². The minimum atomic E-state index is -0.619. The Balaban J connectivity index is 1.93. The lowest BCUT2D eigenvalue weighted by Crippen LogP contribution is -2.30.